The number of aromatic carboxylic acids is 1. The van der Waals surface area contributed by atoms with Gasteiger partial charge in [0.05, 0.1) is 11.8 Å². The van der Waals surface area contributed by atoms with Crippen LogP contribution in [0.3, 0.4) is 0 Å². The van der Waals surface area contributed by atoms with Crippen LogP contribution < -0.4 is 5.32 Å². The summed E-state index contributed by atoms with van der Waals surface area (Å²) >= 11 is 5.67. The Labute approximate surface area is 113 Å². The van der Waals surface area contributed by atoms with Gasteiger partial charge in [-0.1, -0.05) is 6.07 Å². The Morgan fingerprint density at radius 2 is 2.16 bits per heavy atom. The molecule has 0 atom stereocenters. The zero-order valence-electron chi connectivity index (χ0n) is 9.59. The molecule has 1 amide bonds. The molecule has 0 saturated carbocycles. The Kier molecular flexibility index (Phi) is 3.82. The van der Waals surface area contributed by atoms with Crippen LogP contribution in [-0.2, 0) is 6.54 Å². The first-order valence-corrected chi connectivity index (χ1v) is 5.65. The number of hydrogen-bond donors (Lipinski definition) is 2. The topological polar surface area (TPSA) is 92.4 Å². The zero-order chi connectivity index (χ0) is 13.8. The fourth-order valence-electron chi connectivity index (χ4n) is 1.39. The van der Waals surface area contributed by atoms with Gasteiger partial charge in [0.15, 0.2) is 0 Å². The Balaban J connectivity index is 1.97. The second-order valence-electron chi connectivity index (χ2n) is 3.65. The summed E-state index contributed by atoms with van der Waals surface area (Å²) in [4.78, 5) is 26.1. The average Bonchev–Trinajstić information content (AvgIpc) is 2.83. The van der Waals surface area contributed by atoms with Crippen molar-refractivity contribution in [3.05, 3.63) is 52.7 Å². The van der Waals surface area contributed by atoms with E-state index < -0.39 is 5.97 Å². The van der Waals surface area contributed by atoms with Crippen molar-refractivity contribution in [2.24, 2.45) is 0 Å². The summed E-state index contributed by atoms with van der Waals surface area (Å²) in [6, 6.07) is 4.41. The fraction of sp³-hybridized carbons (Fsp3) is 0.0833. The van der Waals surface area contributed by atoms with E-state index in [1.165, 1.54) is 24.6 Å². The molecule has 2 heterocycles. The van der Waals surface area contributed by atoms with Gasteiger partial charge in [-0.05, 0) is 29.3 Å². The minimum absolute atomic E-state index is 0.0249. The van der Waals surface area contributed by atoms with E-state index in [1.54, 1.807) is 6.07 Å². The van der Waals surface area contributed by atoms with Crippen LogP contribution in [0.15, 0.2) is 35.1 Å². The highest BCUT2D eigenvalue weighted by atomic mass is 35.5. The van der Waals surface area contributed by atoms with Gasteiger partial charge in [-0.25, -0.2) is 9.78 Å². The summed E-state index contributed by atoms with van der Waals surface area (Å²) in [5.74, 6) is -1.47. The Morgan fingerprint density at radius 3 is 2.68 bits per heavy atom. The Bertz CT molecular complexity index is 606. The van der Waals surface area contributed by atoms with Crippen molar-refractivity contribution in [3.8, 4) is 0 Å². The van der Waals surface area contributed by atoms with Crippen molar-refractivity contribution in [2.75, 3.05) is 0 Å². The van der Waals surface area contributed by atoms with Crippen molar-refractivity contribution in [1.82, 2.24) is 10.3 Å². The fourth-order valence-corrected chi connectivity index (χ4v) is 1.59. The summed E-state index contributed by atoms with van der Waals surface area (Å²) in [5.41, 5.74) is 0.878. The number of halogens is 1. The molecule has 2 aromatic rings. The standard InChI is InChI=1S/C12H9ClN2O4/c13-10-8(3-4-19-10)11(16)15-6-7-1-2-9(12(17)18)14-5-7/h1-5H,6H2,(H,15,16)(H,17,18). The molecular weight excluding hydrogens is 272 g/mol. The van der Waals surface area contributed by atoms with Crippen LogP contribution in [0, 0.1) is 0 Å². The summed E-state index contributed by atoms with van der Waals surface area (Å²) in [6.07, 6.45) is 2.71. The van der Waals surface area contributed by atoms with Crippen LogP contribution in [0.2, 0.25) is 5.22 Å². The molecule has 19 heavy (non-hydrogen) atoms. The Morgan fingerprint density at radius 1 is 1.37 bits per heavy atom. The molecule has 2 aromatic heterocycles. The molecule has 6 nitrogen and oxygen atoms in total. The zero-order valence-corrected chi connectivity index (χ0v) is 10.3. The SMILES string of the molecule is O=C(O)c1ccc(CNC(=O)c2ccoc2Cl)cn1. The van der Waals surface area contributed by atoms with Crippen LogP contribution >= 0.6 is 11.6 Å². The predicted molar refractivity (Wildman–Crippen MR) is 66.1 cm³/mol. The third kappa shape index (κ3) is 3.11. The first-order valence-electron chi connectivity index (χ1n) is 5.27. The normalized spacial score (nSPS) is 10.2. The van der Waals surface area contributed by atoms with Gasteiger partial charge in [-0.3, -0.25) is 4.79 Å². The number of nitrogens with one attached hydrogen (secondary N) is 1. The van der Waals surface area contributed by atoms with Gasteiger partial charge in [0.2, 0.25) is 5.22 Å². The number of aromatic nitrogens is 1. The van der Waals surface area contributed by atoms with Crippen molar-refractivity contribution in [3.63, 3.8) is 0 Å². The molecule has 2 N–H and O–H groups in total. The van der Waals surface area contributed by atoms with Gasteiger partial charge < -0.3 is 14.8 Å². The number of hydrogen-bond acceptors (Lipinski definition) is 4. The lowest BCUT2D eigenvalue weighted by Crippen LogP contribution is -2.22. The van der Waals surface area contributed by atoms with Crippen molar-refractivity contribution in [1.29, 1.82) is 0 Å². The molecule has 98 valence electrons. The predicted octanol–water partition coefficient (Wildman–Crippen LogP) is 1.96. The maximum Gasteiger partial charge on any atom is 0.354 e. The molecule has 0 bridgehead atoms. The van der Waals surface area contributed by atoms with E-state index in [9.17, 15) is 9.59 Å². The highest BCUT2D eigenvalue weighted by molar-refractivity contribution is 6.32. The molecule has 7 heteroatoms. The van der Waals surface area contributed by atoms with Crippen molar-refractivity contribution in [2.45, 2.75) is 6.54 Å². The number of furan rings is 1. The van der Waals surface area contributed by atoms with Crippen LogP contribution in [0.25, 0.3) is 0 Å². The summed E-state index contributed by atoms with van der Waals surface area (Å²) in [6.45, 7) is 0.216. The van der Waals surface area contributed by atoms with Gasteiger partial charge in [0, 0.05) is 12.7 Å². The number of carbonyl (C=O) groups is 2. The quantitative estimate of drug-likeness (QED) is 0.893. The molecule has 2 rings (SSSR count). The van der Waals surface area contributed by atoms with Crippen LogP contribution in [0.4, 0.5) is 0 Å². The van der Waals surface area contributed by atoms with E-state index in [4.69, 9.17) is 21.1 Å². The molecule has 0 aliphatic rings. The van der Waals surface area contributed by atoms with Crippen molar-refractivity contribution < 1.29 is 19.1 Å². The maximum absolute atomic E-state index is 11.7. The molecule has 0 fully saturated rings. The molecule has 0 aliphatic heterocycles. The van der Waals surface area contributed by atoms with Gasteiger partial charge in [-0.2, -0.15) is 0 Å². The molecule has 0 aromatic carbocycles. The van der Waals surface area contributed by atoms with Crippen LogP contribution in [0.1, 0.15) is 26.4 Å². The summed E-state index contributed by atoms with van der Waals surface area (Å²) < 4.78 is 4.81. The lowest BCUT2D eigenvalue weighted by molar-refractivity contribution is 0.0690. The van der Waals surface area contributed by atoms with E-state index in [0.29, 0.717) is 5.56 Å². The smallest absolute Gasteiger partial charge is 0.354 e. The van der Waals surface area contributed by atoms with Crippen LogP contribution in [0.5, 0.6) is 0 Å². The third-order valence-corrected chi connectivity index (χ3v) is 2.65. The third-order valence-electron chi connectivity index (χ3n) is 2.36. The number of carboxylic acids is 1. The number of carbonyl (C=O) groups excluding carboxylic acids is 1. The lowest BCUT2D eigenvalue weighted by Gasteiger charge is -2.04. The van der Waals surface area contributed by atoms with E-state index >= 15 is 0 Å². The first-order chi connectivity index (χ1) is 9.08. The molecule has 0 radical (unpaired) electrons. The molecule has 0 spiro atoms. The van der Waals surface area contributed by atoms with E-state index in [1.807, 2.05) is 0 Å². The molecular formula is C12H9ClN2O4. The second-order valence-corrected chi connectivity index (χ2v) is 3.99. The minimum atomic E-state index is -1.10. The van der Waals surface area contributed by atoms with Gasteiger partial charge in [-0.15, -0.1) is 0 Å². The number of nitrogens with zero attached hydrogens (tertiary/aromatic N) is 1. The monoisotopic (exact) mass is 280 g/mol. The number of amides is 1. The van der Waals surface area contributed by atoms with E-state index in [2.05, 4.69) is 10.3 Å². The van der Waals surface area contributed by atoms with E-state index in [-0.39, 0.29) is 28.9 Å². The van der Waals surface area contributed by atoms with Gasteiger partial charge >= 0.3 is 5.97 Å². The second kappa shape index (κ2) is 5.53. The minimum Gasteiger partial charge on any atom is -0.477 e. The lowest BCUT2D eigenvalue weighted by atomic mass is 10.2. The summed E-state index contributed by atoms with van der Waals surface area (Å²) in [7, 11) is 0. The van der Waals surface area contributed by atoms with Crippen molar-refractivity contribution >= 4 is 23.5 Å². The first kappa shape index (κ1) is 13.1. The van der Waals surface area contributed by atoms with Gasteiger partial charge in [0.1, 0.15) is 5.69 Å². The Hall–Kier alpha value is -2.34. The number of rotatable bonds is 4. The maximum atomic E-state index is 11.7. The van der Waals surface area contributed by atoms with Gasteiger partial charge in [0.25, 0.3) is 5.91 Å². The van der Waals surface area contributed by atoms with E-state index in [0.717, 1.165) is 0 Å². The molecule has 0 unspecified atom stereocenters. The molecule has 0 aliphatic carbocycles. The average molecular weight is 281 g/mol. The number of carboxylic acid groups (broad SMARTS) is 1. The highest BCUT2D eigenvalue weighted by Crippen LogP contribution is 2.16. The largest absolute Gasteiger partial charge is 0.477 e. The highest BCUT2D eigenvalue weighted by Gasteiger charge is 2.12. The number of pyridine rings is 1. The summed E-state index contributed by atoms with van der Waals surface area (Å²) in [5, 5.41) is 11.3. The molecule has 0 saturated heterocycles. The van der Waals surface area contributed by atoms with Crippen LogP contribution in [-0.4, -0.2) is 22.0 Å².